The number of ether oxygens (including phenoxy) is 1. The van der Waals surface area contributed by atoms with Crippen LogP contribution in [0.3, 0.4) is 0 Å². The van der Waals surface area contributed by atoms with Crippen LogP contribution >= 0.6 is 11.3 Å². The summed E-state index contributed by atoms with van der Waals surface area (Å²) in [5.41, 5.74) is 7.43. The number of benzene rings is 1. The molecule has 0 radical (unpaired) electrons. The van der Waals surface area contributed by atoms with Gasteiger partial charge in [-0.3, -0.25) is 9.59 Å². The Hall–Kier alpha value is -2.34. The van der Waals surface area contributed by atoms with Gasteiger partial charge in [-0.2, -0.15) is 0 Å². The van der Waals surface area contributed by atoms with Gasteiger partial charge in [-0.1, -0.05) is 6.92 Å². The van der Waals surface area contributed by atoms with Crippen molar-refractivity contribution in [3.8, 4) is 5.75 Å². The Labute approximate surface area is 125 Å². The maximum absolute atomic E-state index is 12.5. The third kappa shape index (κ3) is 2.50. The van der Waals surface area contributed by atoms with Crippen molar-refractivity contribution in [2.45, 2.75) is 13.3 Å². The summed E-state index contributed by atoms with van der Waals surface area (Å²) >= 11 is 1.43. The molecule has 0 spiro atoms. The molecule has 108 valence electrons. The molecule has 6 heteroatoms. The molecule has 0 unspecified atom stereocenters. The van der Waals surface area contributed by atoms with Gasteiger partial charge in [0.2, 0.25) is 0 Å². The maximum atomic E-state index is 12.5. The summed E-state index contributed by atoms with van der Waals surface area (Å²) in [5.74, 6) is 0.195. The molecule has 1 aromatic heterocycles. The number of ketones is 1. The Morgan fingerprint density at radius 2 is 2.24 bits per heavy atom. The number of anilines is 2. The zero-order chi connectivity index (χ0) is 15.0. The van der Waals surface area contributed by atoms with Crippen LogP contribution in [-0.2, 0) is 11.2 Å². The molecule has 0 fully saturated rings. The smallest absolute Gasteiger partial charge is 0.262 e. The second-order valence-electron chi connectivity index (χ2n) is 4.72. The summed E-state index contributed by atoms with van der Waals surface area (Å²) in [7, 11) is 0. The van der Waals surface area contributed by atoms with Crippen molar-refractivity contribution in [3.63, 3.8) is 0 Å². The maximum Gasteiger partial charge on any atom is 0.262 e. The molecule has 1 aromatic carbocycles. The number of carbonyl (C=O) groups excluding carboxylic acids is 2. The molecule has 0 aliphatic carbocycles. The molecule has 1 amide bonds. The van der Waals surface area contributed by atoms with Crippen LogP contribution in [0.25, 0.3) is 0 Å². The monoisotopic (exact) mass is 302 g/mol. The average molecular weight is 302 g/mol. The lowest BCUT2D eigenvalue weighted by molar-refractivity contribution is -0.118. The molecule has 2 heterocycles. The molecule has 0 saturated carbocycles. The minimum Gasteiger partial charge on any atom is -0.482 e. The van der Waals surface area contributed by atoms with E-state index in [-0.39, 0.29) is 18.3 Å². The molecule has 3 N–H and O–H groups in total. The van der Waals surface area contributed by atoms with Gasteiger partial charge in [0.15, 0.2) is 12.4 Å². The van der Waals surface area contributed by atoms with E-state index in [0.717, 1.165) is 11.3 Å². The summed E-state index contributed by atoms with van der Waals surface area (Å²) < 4.78 is 5.28. The van der Waals surface area contributed by atoms with Crippen molar-refractivity contribution in [2.24, 2.45) is 0 Å². The lowest BCUT2D eigenvalue weighted by atomic mass is 10.0. The zero-order valence-corrected chi connectivity index (χ0v) is 12.3. The summed E-state index contributed by atoms with van der Waals surface area (Å²) in [6.45, 7) is 2.02. The lowest BCUT2D eigenvalue weighted by Gasteiger charge is -2.18. The first-order chi connectivity index (χ1) is 10.1. The van der Waals surface area contributed by atoms with Crippen molar-refractivity contribution >= 4 is 33.7 Å². The van der Waals surface area contributed by atoms with Crippen molar-refractivity contribution in [1.29, 1.82) is 0 Å². The second-order valence-corrected chi connectivity index (χ2v) is 5.89. The van der Waals surface area contributed by atoms with Crippen LogP contribution in [0.1, 0.15) is 27.7 Å². The Balaban J connectivity index is 1.96. The molecule has 1 aliphatic heterocycles. The fraction of sp³-hybridized carbons (Fsp3) is 0.200. The van der Waals surface area contributed by atoms with Crippen LogP contribution < -0.4 is 15.8 Å². The van der Waals surface area contributed by atoms with Crippen molar-refractivity contribution in [3.05, 3.63) is 40.3 Å². The van der Waals surface area contributed by atoms with E-state index in [0.29, 0.717) is 27.6 Å². The number of aryl methyl sites for hydroxylation is 1. The Bertz CT molecular complexity index is 737. The van der Waals surface area contributed by atoms with Gasteiger partial charge in [0.25, 0.3) is 5.91 Å². The molecule has 0 saturated heterocycles. The van der Waals surface area contributed by atoms with Crippen LogP contribution in [0, 0.1) is 0 Å². The van der Waals surface area contributed by atoms with E-state index in [1.165, 1.54) is 11.3 Å². The van der Waals surface area contributed by atoms with Crippen LogP contribution in [0.5, 0.6) is 5.75 Å². The van der Waals surface area contributed by atoms with E-state index in [1.807, 2.05) is 13.0 Å². The second kappa shape index (κ2) is 5.21. The molecule has 0 atom stereocenters. The normalized spacial score (nSPS) is 13.3. The summed E-state index contributed by atoms with van der Waals surface area (Å²) in [6, 6.07) is 6.82. The van der Waals surface area contributed by atoms with Crippen LogP contribution in [0.4, 0.5) is 10.7 Å². The van der Waals surface area contributed by atoms with Gasteiger partial charge < -0.3 is 15.8 Å². The number of fused-ring (bicyclic) bond motifs is 1. The Morgan fingerprint density at radius 1 is 1.43 bits per heavy atom. The van der Waals surface area contributed by atoms with Gasteiger partial charge in [0.1, 0.15) is 5.75 Å². The van der Waals surface area contributed by atoms with Gasteiger partial charge >= 0.3 is 0 Å². The molecule has 2 aromatic rings. The molecular formula is C15H14N2O3S. The highest BCUT2D eigenvalue weighted by Crippen LogP contribution is 2.32. The Kier molecular flexibility index (Phi) is 3.39. The van der Waals surface area contributed by atoms with Crippen molar-refractivity contribution in [1.82, 2.24) is 0 Å². The highest BCUT2D eigenvalue weighted by atomic mass is 32.1. The number of carbonyl (C=O) groups is 2. The van der Waals surface area contributed by atoms with Gasteiger partial charge in [0, 0.05) is 10.4 Å². The number of thiophene rings is 1. The third-order valence-corrected chi connectivity index (χ3v) is 4.39. The van der Waals surface area contributed by atoms with Crippen LogP contribution in [0.15, 0.2) is 24.3 Å². The first-order valence-corrected chi connectivity index (χ1v) is 7.39. The van der Waals surface area contributed by atoms with E-state index in [4.69, 9.17) is 10.5 Å². The number of nitrogen functional groups attached to an aromatic ring is 1. The van der Waals surface area contributed by atoms with E-state index in [1.54, 1.807) is 18.2 Å². The van der Waals surface area contributed by atoms with Gasteiger partial charge in [0.05, 0.1) is 16.3 Å². The number of hydrogen-bond acceptors (Lipinski definition) is 5. The van der Waals surface area contributed by atoms with Crippen LogP contribution in [-0.4, -0.2) is 18.3 Å². The molecule has 3 rings (SSSR count). The Morgan fingerprint density at radius 3 is 2.95 bits per heavy atom. The molecule has 5 nitrogen and oxygen atoms in total. The predicted molar refractivity (Wildman–Crippen MR) is 82.1 cm³/mol. The topological polar surface area (TPSA) is 81.4 Å². The number of nitrogens with two attached hydrogens (primary N) is 1. The van der Waals surface area contributed by atoms with Gasteiger partial charge in [-0.25, -0.2) is 0 Å². The molecular weight excluding hydrogens is 288 g/mol. The molecule has 21 heavy (non-hydrogen) atoms. The quantitative estimate of drug-likeness (QED) is 0.853. The SMILES string of the molecule is CCc1cc(C(=O)c2ccc3c(c2)NC(=O)CO3)c(N)s1. The van der Waals surface area contributed by atoms with Gasteiger partial charge in [-0.05, 0) is 30.7 Å². The minimum absolute atomic E-state index is 0.00235. The van der Waals surface area contributed by atoms with E-state index >= 15 is 0 Å². The highest BCUT2D eigenvalue weighted by Gasteiger charge is 2.20. The number of hydrogen-bond donors (Lipinski definition) is 2. The third-order valence-electron chi connectivity index (χ3n) is 3.28. The highest BCUT2D eigenvalue weighted by molar-refractivity contribution is 7.16. The zero-order valence-electron chi connectivity index (χ0n) is 11.4. The fourth-order valence-corrected chi connectivity index (χ4v) is 3.05. The average Bonchev–Trinajstić information content (AvgIpc) is 2.87. The number of rotatable bonds is 3. The number of amides is 1. The predicted octanol–water partition coefficient (Wildman–Crippen LogP) is 2.45. The minimum atomic E-state index is -0.226. The lowest BCUT2D eigenvalue weighted by Crippen LogP contribution is -2.25. The number of nitrogens with one attached hydrogen (secondary N) is 1. The fourth-order valence-electron chi connectivity index (χ4n) is 2.19. The van der Waals surface area contributed by atoms with E-state index in [2.05, 4.69) is 5.32 Å². The molecule has 0 bridgehead atoms. The van der Waals surface area contributed by atoms with Crippen LogP contribution in [0.2, 0.25) is 0 Å². The van der Waals surface area contributed by atoms with Crippen molar-refractivity contribution < 1.29 is 14.3 Å². The summed E-state index contributed by atoms with van der Waals surface area (Å²) in [6.07, 6.45) is 0.843. The largest absolute Gasteiger partial charge is 0.482 e. The molecule has 1 aliphatic rings. The summed E-state index contributed by atoms with van der Waals surface area (Å²) in [5, 5.41) is 3.22. The first kappa shape index (κ1) is 13.6. The van der Waals surface area contributed by atoms with Crippen molar-refractivity contribution in [2.75, 3.05) is 17.7 Å². The first-order valence-electron chi connectivity index (χ1n) is 6.58. The van der Waals surface area contributed by atoms with E-state index < -0.39 is 0 Å². The van der Waals surface area contributed by atoms with Gasteiger partial charge in [-0.15, -0.1) is 11.3 Å². The summed E-state index contributed by atoms with van der Waals surface area (Å²) in [4.78, 5) is 24.9. The van der Waals surface area contributed by atoms with E-state index in [9.17, 15) is 9.59 Å². The standard InChI is InChI=1S/C15H14N2O3S/c1-2-9-6-10(15(16)21-9)14(19)8-3-4-12-11(5-8)17-13(18)7-20-12/h3-6H,2,7,16H2,1H3,(H,17,18).